The molecule has 0 saturated heterocycles. The van der Waals surface area contributed by atoms with E-state index in [9.17, 15) is 9.18 Å². The summed E-state index contributed by atoms with van der Waals surface area (Å²) in [5, 5.41) is 8.57. The number of hydrogen-bond acceptors (Lipinski definition) is 2. The van der Waals surface area contributed by atoms with Gasteiger partial charge in [0.1, 0.15) is 5.82 Å². The van der Waals surface area contributed by atoms with E-state index in [1.807, 2.05) is 0 Å². The highest BCUT2D eigenvalue weighted by molar-refractivity contribution is 5.94. The monoisotopic (exact) mass is 208 g/mol. The Bertz CT molecular complexity index is 383. The molecule has 0 aliphatic rings. The van der Waals surface area contributed by atoms with E-state index in [4.69, 9.17) is 5.11 Å². The maximum absolute atomic E-state index is 13.1. The second kappa shape index (κ2) is 5.41. The summed E-state index contributed by atoms with van der Waals surface area (Å²) in [6.45, 7) is 1.41. The van der Waals surface area contributed by atoms with Crippen LogP contribution in [0.25, 0.3) is 6.08 Å². The van der Waals surface area contributed by atoms with Crippen molar-refractivity contribution in [2.75, 3.05) is 6.61 Å². The Kier molecular flexibility index (Phi) is 4.18. The van der Waals surface area contributed by atoms with Crippen molar-refractivity contribution in [1.29, 1.82) is 0 Å². The summed E-state index contributed by atoms with van der Waals surface area (Å²) >= 11 is 0. The zero-order valence-electron chi connectivity index (χ0n) is 8.53. The zero-order chi connectivity index (χ0) is 11.3. The van der Waals surface area contributed by atoms with Gasteiger partial charge in [-0.1, -0.05) is 18.2 Å². The van der Waals surface area contributed by atoms with Crippen LogP contribution in [0.1, 0.15) is 29.3 Å². The van der Waals surface area contributed by atoms with Gasteiger partial charge in [0.05, 0.1) is 5.56 Å². The van der Waals surface area contributed by atoms with Crippen LogP contribution in [0.3, 0.4) is 0 Å². The minimum atomic E-state index is -0.498. The third-order valence-corrected chi connectivity index (χ3v) is 1.98. The van der Waals surface area contributed by atoms with Crippen molar-refractivity contribution >= 4 is 11.9 Å². The Labute approximate surface area is 88.1 Å². The molecule has 0 aliphatic heterocycles. The minimum Gasteiger partial charge on any atom is -0.396 e. The van der Waals surface area contributed by atoms with E-state index in [-0.39, 0.29) is 18.0 Å². The van der Waals surface area contributed by atoms with E-state index in [2.05, 4.69) is 0 Å². The molecule has 0 amide bonds. The van der Waals surface area contributed by atoms with Gasteiger partial charge in [0.2, 0.25) is 0 Å². The first-order valence-electron chi connectivity index (χ1n) is 4.73. The van der Waals surface area contributed by atoms with E-state index in [0.717, 1.165) is 5.56 Å². The van der Waals surface area contributed by atoms with Crippen LogP contribution in [0.5, 0.6) is 0 Å². The van der Waals surface area contributed by atoms with Gasteiger partial charge in [0.25, 0.3) is 0 Å². The van der Waals surface area contributed by atoms with Gasteiger partial charge in [0, 0.05) is 6.61 Å². The summed E-state index contributed by atoms with van der Waals surface area (Å²) in [6.07, 6.45) is 4.08. The smallest absolute Gasteiger partial charge is 0.162 e. The predicted molar refractivity (Wildman–Crippen MR) is 57.1 cm³/mol. The highest BCUT2D eigenvalue weighted by Gasteiger charge is 2.06. The second-order valence-electron chi connectivity index (χ2n) is 3.21. The molecule has 0 bridgehead atoms. The fourth-order valence-electron chi connectivity index (χ4n) is 1.21. The van der Waals surface area contributed by atoms with Gasteiger partial charge < -0.3 is 5.11 Å². The molecule has 0 aliphatic carbocycles. The van der Waals surface area contributed by atoms with Crippen LogP contribution < -0.4 is 0 Å². The van der Waals surface area contributed by atoms with Gasteiger partial charge in [-0.15, -0.1) is 0 Å². The van der Waals surface area contributed by atoms with Crippen LogP contribution in [0.15, 0.2) is 24.3 Å². The number of hydrogen-bond donors (Lipinski definition) is 1. The van der Waals surface area contributed by atoms with Crippen LogP contribution >= 0.6 is 0 Å². The molecule has 1 N–H and O–H groups in total. The predicted octanol–water partition coefficient (Wildman–Crippen LogP) is 2.42. The van der Waals surface area contributed by atoms with Gasteiger partial charge in [-0.2, -0.15) is 0 Å². The number of benzene rings is 1. The number of rotatable bonds is 4. The fourth-order valence-corrected chi connectivity index (χ4v) is 1.21. The Morgan fingerprint density at radius 3 is 2.87 bits per heavy atom. The molecule has 1 aromatic rings. The standard InChI is InChI=1S/C12H13FO2/c1-9(15)11-8-10(4-2-3-7-14)5-6-12(11)13/h2,4-6,8,14H,3,7H2,1H3. The van der Waals surface area contributed by atoms with Crippen molar-refractivity contribution in [3.63, 3.8) is 0 Å². The Morgan fingerprint density at radius 2 is 2.27 bits per heavy atom. The molecule has 3 heteroatoms. The van der Waals surface area contributed by atoms with Gasteiger partial charge in [0.15, 0.2) is 5.78 Å². The SMILES string of the molecule is CC(=O)c1cc(C=CCCO)ccc1F. The third kappa shape index (κ3) is 3.29. The summed E-state index contributed by atoms with van der Waals surface area (Å²) in [4.78, 5) is 11.0. The molecule has 0 atom stereocenters. The lowest BCUT2D eigenvalue weighted by molar-refractivity contribution is 0.101. The Hall–Kier alpha value is -1.48. The van der Waals surface area contributed by atoms with E-state index >= 15 is 0 Å². The molecule has 80 valence electrons. The minimum absolute atomic E-state index is 0.0806. The number of halogens is 1. The van der Waals surface area contributed by atoms with E-state index in [1.54, 1.807) is 18.2 Å². The molecule has 2 nitrogen and oxygen atoms in total. The first-order chi connectivity index (χ1) is 7.15. The third-order valence-electron chi connectivity index (χ3n) is 1.98. The molecule has 0 unspecified atom stereocenters. The van der Waals surface area contributed by atoms with Gasteiger partial charge >= 0.3 is 0 Å². The van der Waals surface area contributed by atoms with Gasteiger partial charge in [-0.3, -0.25) is 4.79 Å². The first-order valence-corrected chi connectivity index (χ1v) is 4.73. The molecule has 15 heavy (non-hydrogen) atoms. The molecule has 0 radical (unpaired) electrons. The topological polar surface area (TPSA) is 37.3 Å². The number of ketones is 1. The summed E-state index contributed by atoms with van der Waals surface area (Å²) < 4.78 is 13.1. The lowest BCUT2D eigenvalue weighted by atomic mass is 10.1. The molecule has 0 saturated carbocycles. The number of carbonyl (C=O) groups excluding carboxylic acids is 1. The summed E-state index contributed by atoms with van der Waals surface area (Å²) in [5.41, 5.74) is 0.858. The van der Waals surface area contributed by atoms with Crippen LogP contribution in [0, 0.1) is 5.82 Å². The van der Waals surface area contributed by atoms with E-state index in [1.165, 1.54) is 19.1 Å². The number of aliphatic hydroxyl groups is 1. The maximum atomic E-state index is 13.1. The van der Waals surface area contributed by atoms with Crippen molar-refractivity contribution in [3.8, 4) is 0 Å². The Morgan fingerprint density at radius 1 is 1.53 bits per heavy atom. The quantitative estimate of drug-likeness (QED) is 0.771. The maximum Gasteiger partial charge on any atom is 0.162 e. The summed E-state index contributed by atoms with van der Waals surface area (Å²) in [5.74, 6) is -0.785. The van der Waals surface area contributed by atoms with Crippen LogP contribution in [-0.2, 0) is 0 Å². The number of carbonyl (C=O) groups is 1. The molecular weight excluding hydrogens is 195 g/mol. The second-order valence-corrected chi connectivity index (χ2v) is 3.21. The van der Waals surface area contributed by atoms with Crippen LogP contribution in [-0.4, -0.2) is 17.5 Å². The Balaban J connectivity index is 2.92. The largest absolute Gasteiger partial charge is 0.396 e. The molecule has 1 aromatic carbocycles. The van der Waals surface area contributed by atoms with Crippen molar-refractivity contribution in [2.24, 2.45) is 0 Å². The van der Waals surface area contributed by atoms with Crippen LogP contribution in [0.2, 0.25) is 0 Å². The first kappa shape index (κ1) is 11.6. The molecule has 0 aromatic heterocycles. The van der Waals surface area contributed by atoms with Crippen LogP contribution in [0.4, 0.5) is 4.39 Å². The molecule has 0 fully saturated rings. The molecule has 1 rings (SSSR count). The summed E-state index contributed by atoms with van der Waals surface area (Å²) in [6, 6.07) is 4.37. The average molecular weight is 208 g/mol. The molecular formula is C12H13FO2. The average Bonchev–Trinajstić information content (AvgIpc) is 2.20. The number of aliphatic hydroxyl groups excluding tert-OH is 1. The number of Topliss-reactive ketones (excluding diaryl/α,β-unsaturated/α-hetero) is 1. The van der Waals surface area contributed by atoms with E-state index in [0.29, 0.717) is 6.42 Å². The van der Waals surface area contributed by atoms with Gasteiger partial charge in [-0.05, 0) is 31.0 Å². The fraction of sp³-hybridized carbons (Fsp3) is 0.250. The van der Waals surface area contributed by atoms with Crippen molar-refractivity contribution in [3.05, 3.63) is 41.2 Å². The highest BCUT2D eigenvalue weighted by atomic mass is 19.1. The highest BCUT2D eigenvalue weighted by Crippen LogP contribution is 2.12. The lowest BCUT2D eigenvalue weighted by Gasteiger charge is -2.00. The van der Waals surface area contributed by atoms with Crippen molar-refractivity contribution in [1.82, 2.24) is 0 Å². The van der Waals surface area contributed by atoms with Crippen molar-refractivity contribution < 1.29 is 14.3 Å². The molecule has 0 heterocycles. The zero-order valence-corrected chi connectivity index (χ0v) is 8.53. The normalized spacial score (nSPS) is 10.9. The van der Waals surface area contributed by atoms with Gasteiger partial charge in [-0.25, -0.2) is 4.39 Å². The summed E-state index contributed by atoms with van der Waals surface area (Å²) in [7, 11) is 0. The lowest BCUT2D eigenvalue weighted by Crippen LogP contribution is -1.97. The van der Waals surface area contributed by atoms with E-state index < -0.39 is 5.82 Å². The van der Waals surface area contributed by atoms with Crippen molar-refractivity contribution in [2.45, 2.75) is 13.3 Å². The molecule has 0 spiro atoms.